The van der Waals surface area contributed by atoms with Gasteiger partial charge in [0.05, 0.1) is 34.6 Å². The molecule has 0 spiro atoms. The lowest BCUT2D eigenvalue weighted by molar-refractivity contribution is -0.137. The van der Waals surface area contributed by atoms with Crippen molar-refractivity contribution in [2.75, 3.05) is 9.80 Å². The Kier molecular flexibility index (Phi) is 4.98. The third-order valence-electron chi connectivity index (χ3n) is 5.77. The van der Waals surface area contributed by atoms with Crippen LogP contribution in [0, 0.1) is 17.1 Å². The molecule has 2 amide bonds. The van der Waals surface area contributed by atoms with E-state index in [9.17, 15) is 22.8 Å². The molecular formula is C22H16F4N4O2S. The zero-order valence-corrected chi connectivity index (χ0v) is 18.4. The molecule has 1 atom stereocenters. The number of hydrogen-bond acceptors (Lipinski definition) is 4. The van der Waals surface area contributed by atoms with Gasteiger partial charge in [0.15, 0.2) is 5.11 Å². The third kappa shape index (κ3) is 3.33. The Bertz CT molecular complexity index is 1280. The third-order valence-corrected chi connectivity index (χ3v) is 6.14. The fraction of sp³-hybridized carbons (Fsp3) is 0.273. The van der Waals surface area contributed by atoms with Crippen molar-refractivity contribution in [3.63, 3.8) is 0 Å². The predicted octanol–water partition coefficient (Wildman–Crippen LogP) is 4.44. The molecule has 0 aromatic heterocycles. The highest BCUT2D eigenvalue weighted by Crippen LogP contribution is 2.41. The van der Waals surface area contributed by atoms with Crippen LogP contribution in [0.15, 0.2) is 30.3 Å². The molecule has 2 aromatic rings. The molecule has 1 unspecified atom stereocenters. The Hall–Kier alpha value is -3.52. The molecule has 0 saturated carbocycles. The van der Waals surface area contributed by atoms with Crippen molar-refractivity contribution >= 4 is 40.5 Å². The average molecular weight is 476 g/mol. The first-order valence-corrected chi connectivity index (χ1v) is 10.1. The van der Waals surface area contributed by atoms with Crippen LogP contribution < -0.4 is 15.1 Å². The minimum Gasteiger partial charge on any atom is -0.345 e. The second kappa shape index (κ2) is 7.25. The molecule has 11 heteroatoms. The quantitative estimate of drug-likeness (QED) is 0.513. The number of carbonyl (C=O) groups is 2. The molecule has 4 rings (SSSR count). The van der Waals surface area contributed by atoms with Crippen molar-refractivity contribution < 1.29 is 27.2 Å². The van der Waals surface area contributed by atoms with E-state index >= 15 is 4.39 Å². The van der Waals surface area contributed by atoms with E-state index in [1.54, 1.807) is 6.92 Å². The van der Waals surface area contributed by atoms with Crippen LogP contribution in [0.3, 0.4) is 0 Å². The van der Waals surface area contributed by atoms with Crippen LogP contribution in [-0.4, -0.2) is 22.5 Å². The van der Waals surface area contributed by atoms with Gasteiger partial charge < -0.3 is 10.2 Å². The predicted molar refractivity (Wildman–Crippen MR) is 115 cm³/mol. The summed E-state index contributed by atoms with van der Waals surface area (Å²) in [6.45, 7) is 4.60. The van der Waals surface area contributed by atoms with E-state index in [2.05, 4.69) is 5.32 Å². The minimum atomic E-state index is -4.84. The summed E-state index contributed by atoms with van der Waals surface area (Å²) in [4.78, 5) is 27.6. The molecule has 0 radical (unpaired) electrons. The number of fused-ring (bicyclic) bond motifs is 1. The fourth-order valence-electron chi connectivity index (χ4n) is 4.09. The molecule has 2 aliphatic heterocycles. The molecule has 0 bridgehead atoms. The summed E-state index contributed by atoms with van der Waals surface area (Å²) in [5.74, 6) is -1.84. The molecule has 170 valence electrons. The molecule has 1 saturated heterocycles. The molecular weight excluding hydrogens is 460 g/mol. The lowest BCUT2D eigenvalue weighted by Gasteiger charge is -2.30. The largest absolute Gasteiger partial charge is 0.417 e. The van der Waals surface area contributed by atoms with Gasteiger partial charge in [-0.05, 0) is 68.9 Å². The van der Waals surface area contributed by atoms with Crippen LogP contribution >= 0.6 is 12.2 Å². The summed E-state index contributed by atoms with van der Waals surface area (Å²) >= 11 is 5.41. The van der Waals surface area contributed by atoms with Crippen molar-refractivity contribution in [3.8, 4) is 6.07 Å². The number of rotatable bonds is 2. The highest BCUT2D eigenvalue weighted by Gasteiger charge is 2.51. The van der Waals surface area contributed by atoms with Gasteiger partial charge in [0.1, 0.15) is 11.4 Å². The first kappa shape index (κ1) is 22.7. The summed E-state index contributed by atoms with van der Waals surface area (Å²) in [7, 11) is 0. The van der Waals surface area contributed by atoms with Gasteiger partial charge >= 0.3 is 6.18 Å². The van der Waals surface area contributed by atoms with Gasteiger partial charge in [-0.1, -0.05) is 0 Å². The Morgan fingerprint density at radius 1 is 1.18 bits per heavy atom. The Labute approximate surface area is 191 Å². The molecule has 1 N–H and O–H groups in total. The summed E-state index contributed by atoms with van der Waals surface area (Å²) in [5.41, 5.74) is -2.98. The summed E-state index contributed by atoms with van der Waals surface area (Å²) in [6.07, 6.45) is -4.84. The maximum atomic E-state index is 15.1. The second-order valence-corrected chi connectivity index (χ2v) is 8.61. The lowest BCUT2D eigenvalue weighted by Crippen LogP contribution is -2.44. The number of halogens is 4. The van der Waals surface area contributed by atoms with Crippen LogP contribution in [0.2, 0.25) is 0 Å². The van der Waals surface area contributed by atoms with Crippen LogP contribution in [0.1, 0.15) is 53.9 Å². The molecule has 2 aliphatic rings. The number of anilines is 2. The summed E-state index contributed by atoms with van der Waals surface area (Å²) in [6, 6.07) is 6.34. The van der Waals surface area contributed by atoms with E-state index in [-0.39, 0.29) is 22.1 Å². The average Bonchev–Trinajstić information content (AvgIpc) is 3.09. The number of thiocarbonyl (C=S) groups is 1. The van der Waals surface area contributed by atoms with E-state index in [1.165, 1.54) is 43.0 Å². The van der Waals surface area contributed by atoms with E-state index in [4.69, 9.17) is 17.5 Å². The summed E-state index contributed by atoms with van der Waals surface area (Å²) < 4.78 is 55.5. The van der Waals surface area contributed by atoms with Gasteiger partial charge in [0.25, 0.3) is 11.8 Å². The fourth-order valence-corrected chi connectivity index (χ4v) is 4.60. The van der Waals surface area contributed by atoms with Gasteiger partial charge in [-0.3, -0.25) is 14.5 Å². The molecule has 6 nitrogen and oxygen atoms in total. The van der Waals surface area contributed by atoms with Crippen LogP contribution in [0.25, 0.3) is 0 Å². The number of nitrogens with zero attached hydrogens (tertiary/aromatic N) is 3. The molecule has 33 heavy (non-hydrogen) atoms. The van der Waals surface area contributed by atoms with Gasteiger partial charge in [0.2, 0.25) is 0 Å². The van der Waals surface area contributed by atoms with E-state index in [0.717, 1.165) is 11.0 Å². The number of nitrogens with one attached hydrogen (secondary N) is 1. The number of hydrogen-bond donors (Lipinski definition) is 1. The number of alkyl halides is 3. The maximum absolute atomic E-state index is 15.1. The summed E-state index contributed by atoms with van der Waals surface area (Å²) in [5, 5.41) is 11.4. The normalized spacial score (nSPS) is 19.6. The highest BCUT2D eigenvalue weighted by molar-refractivity contribution is 7.81. The van der Waals surface area contributed by atoms with E-state index < -0.39 is 46.5 Å². The van der Waals surface area contributed by atoms with Crippen molar-refractivity contribution in [3.05, 3.63) is 58.4 Å². The standard InChI is InChI=1S/C22H16F4N4O2S/c1-10-13-7-16(23)17(8-14(13)18(31)28-10)30-20(33)29(19(32)21(30,2)3)12-5-4-11(9-27)15(6-12)22(24,25)26/h4-8,10H,1-3H3,(H,28,31). The monoisotopic (exact) mass is 476 g/mol. The zero-order valence-electron chi connectivity index (χ0n) is 17.5. The Balaban J connectivity index is 1.84. The van der Waals surface area contributed by atoms with E-state index in [1.807, 2.05) is 0 Å². The smallest absolute Gasteiger partial charge is 0.345 e. The van der Waals surface area contributed by atoms with Crippen molar-refractivity contribution in [2.24, 2.45) is 0 Å². The van der Waals surface area contributed by atoms with E-state index in [0.29, 0.717) is 11.6 Å². The first-order valence-electron chi connectivity index (χ1n) is 9.73. The van der Waals surface area contributed by atoms with Crippen LogP contribution in [0.4, 0.5) is 28.9 Å². The number of carbonyl (C=O) groups excluding carboxylic acids is 2. The van der Waals surface area contributed by atoms with Crippen molar-refractivity contribution in [2.45, 2.75) is 38.5 Å². The number of amides is 2. The number of nitriles is 1. The van der Waals surface area contributed by atoms with Gasteiger partial charge in [-0.25, -0.2) is 4.39 Å². The number of benzene rings is 2. The highest BCUT2D eigenvalue weighted by atomic mass is 32.1. The molecule has 0 aliphatic carbocycles. The maximum Gasteiger partial charge on any atom is 0.417 e. The van der Waals surface area contributed by atoms with Crippen molar-refractivity contribution in [1.29, 1.82) is 5.26 Å². The first-order chi connectivity index (χ1) is 15.3. The van der Waals surface area contributed by atoms with Gasteiger partial charge in [-0.2, -0.15) is 18.4 Å². The molecule has 2 aromatic carbocycles. The lowest BCUT2D eigenvalue weighted by atomic mass is 10.00. The topological polar surface area (TPSA) is 76.4 Å². The molecule has 1 fully saturated rings. The second-order valence-electron chi connectivity index (χ2n) is 8.24. The SMILES string of the molecule is CC1NC(=O)c2cc(N3C(=S)N(c4ccc(C#N)c(C(F)(F)F)c4)C(=O)C3(C)C)c(F)cc21. The molecule has 2 heterocycles. The van der Waals surface area contributed by atoms with Gasteiger partial charge in [-0.15, -0.1) is 0 Å². The van der Waals surface area contributed by atoms with Gasteiger partial charge in [0, 0.05) is 5.56 Å². The Morgan fingerprint density at radius 3 is 2.45 bits per heavy atom. The van der Waals surface area contributed by atoms with Crippen LogP contribution in [0.5, 0.6) is 0 Å². The minimum absolute atomic E-state index is 0.145. The van der Waals surface area contributed by atoms with Crippen LogP contribution in [-0.2, 0) is 11.0 Å². The zero-order chi connectivity index (χ0) is 24.5. The van der Waals surface area contributed by atoms with Crippen molar-refractivity contribution in [1.82, 2.24) is 5.32 Å². The Morgan fingerprint density at radius 2 is 1.85 bits per heavy atom.